The van der Waals surface area contributed by atoms with Gasteiger partial charge in [-0.2, -0.15) is 0 Å². The summed E-state index contributed by atoms with van der Waals surface area (Å²) in [5.41, 5.74) is 0.533. The monoisotopic (exact) mass is 321 g/mol. The Hall–Kier alpha value is -1.89. The van der Waals surface area contributed by atoms with Crippen LogP contribution in [0.4, 0.5) is 0 Å². The van der Waals surface area contributed by atoms with Crippen LogP contribution in [0.3, 0.4) is 0 Å². The minimum absolute atomic E-state index is 0.0216. The van der Waals surface area contributed by atoms with Gasteiger partial charge in [-0.25, -0.2) is 8.42 Å². The predicted octanol–water partition coefficient (Wildman–Crippen LogP) is 1.13. The Morgan fingerprint density at radius 3 is 2.55 bits per heavy atom. The van der Waals surface area contributed by atoms with Crippen molar-refractivity contribution < 1.29 is 13.2 Å². The van der Waals surface area contributed by atoms with Crippen molar-refractivity contribution in [1.82, 2.24) is 9.62 Å². The van der Waals surface area contributed by atoms with Crippen molar-refractivity contribution in [1.29, 1.82) is 0 Å². The Balaban J connectivity index is 1.75. The molecular formula is C15H19N3O3S. The van der Waals surface area contributed by atoms with Crippen LogP contribution in [-0.4, -0.2) is 44.7 Å². The van der Waals surface area contributed by atoms with Gasteiger partial charge in [0.25, 0.3) is 10.0 Å². The highest BCUT2D eigenvalue weighted by Crippen LogP contribution is 2.22. The summed E-state index contributed by atoms with van der Waals surface area (Å²) in [7, 11) is -3.54. The lowest BCUT2D eigenvalue weighted by Crippen LogP contribution is -2.34. The van der Waals surface area contributed by atoms with Crippen molar-refractivity contribution >= 4 is 21.8 Å². The Bertz CT molecular complexity index is 704. The third-order valence-corrected chi connectivity index (χ3v) is 5.39. The zero-order valence-corrected chi connectivity index (χ0v) is 13.1. The number of likely N-dealkylation sites (tertiary alicyclic amines) is 1. The van der Waals surface area contributed by atoms with E-state index in [1.807, 2.05) is 4.90 Å². The smallest absolute Gasteiger partial charge is 0.263 e. The number of hydrogen-bond donors (Lipinski definition) is 1. The molecule has 1 N–H and O–H groups in total. The molecule has 6 nitrogen and oxygen atoms in total. The molecule has 2 heterocycles. The zero-order valence-electron chi connectivity index (χ0n) is 12.3. The van der Waals surface area contributed by atoms with E-state index in [0.717, 1.165) is 38.8 Å². The fourth-order valence-corrected chi connectivity index (χ4v) is 4.07. The molecule has 1 aromatic rings. The van der Waals surface area contributed by atoms with Crippen LogP contribution in [0.2, 0.25) is 0 Å². The number of nitrogens with one attached hydrogen (secondary N) is 1. The number of carbonyl (C=O) groups is 1. The number of hydrogen-bond acceptors (Lipinski definition) is 4. The summed E-state index contributed by atoms with van der Waals surface area (Å²) in [4.78, 5) is 18.5. The molecule has 0 unspecified atom stereocenters. The Morgan fingerprint density at radius 2 is 1.82 bits per heavy atom. The van der Waals surface area contributed by atoms with Crippen LogP contribution in [0.1, 0.15) is 31.2 Å². The van der Waals surface area contributed by atoms with Gasteiger partial charge in [0.1, 0.15) is 12.4 Å². The average molecular weight is 321 g/mol. The van der Waals surface area contributed by atoms with Crippen LogP contribution < -0.4 is 4.72 Å². The van der Waals surface area contributed by atoms with Gasteiger partial charge < -0.3 is 4.90 Å². The molecule has 0 bridgehead atoms. The molecule has 0 radical (unpaired) electrons. The molecule has 7 heteroatoms. The number of amidine groups is 1. The van der Waals surface area contributed by atoms with Gasteiger partial charge in [0.05, 0.1) is 4.90 Å². The highest BCUT2D eigenvalue weighted by molar-refractivity contribution is 7.90. The van der Waals surface area contributed by atoms with Crippen molar-refractivity contribution in [3.8, 4) is 0 Å². The largest absolute Gasteiger partial charge is 0.341 e. The number of carbonyl (C=O) groups excluding carboxylic acids is 1. The Labute approximate surface area is 130 Å². The van der Waals surface area contributed by atoms with E-state index in [1.165, 1.54) is 6.07 Å². The lowest BCUT2D eigenvalue weighted by atomic mass is 10.2. The van der Waals surface area contributed by atoms with Gasteiger partial charge in [0.15, 0.2) is 0 Å². The number of aliphatic imine (C=N–C) groups is 1. The topological polar surface area (TPSA) is 78.8 Å². The molecule has 1 fully saturated rings. The van der Waals surface area contributed by atoms with Crippen LogP contribution in [0.25, 0.3) is 0 Å². The summed E-state index contributed by atoms with van der Waals surface area (Å²) < 4.78 is 26.4. The number of sulfonamides is 1. The molecule has 0 saturated carbocycles. The van der Waals surface area contributed by atoms with Gasteiger partial charge in [0.2, 0.25) is 5.91 Å². The summed E-state index contributed by atoms with van der Waals surface area (Å²) >= 11 is 0. The molecule has 0 aromatic heterocycles. The molecule has 2 aliphatic heterocycles. The summed E-state index contributed by atoms with van der Waals surface area (Å²) in [6.07, 6.45) is 4.37. The first-order valence-corrected chi connectivity index (χ1v) is 9.01. The van der Waals surface area contributed by atoms with Crippen molar-refractivity contribution in [2.75, 3.05) is 19.6 Å². The van der Waals surface area contributed by atoms with Gasteiger partial charge in [-0.15, -0.1) is 0 Å². The van der Waals surface area contributed by atoms with Crippen molar-refractivity contribution in [3.63, 3.8) is 0 Å². The molecule has 22 heavy (non-hydrogen) atoms. The molecule has 1 amide bonds. The van der Waals surface area contributed by atoms with Crippen LogP contribution >= 0.6 is 0 Å². The second-order valence-corrected chi connectivity index (χ2v) is 7.21. The van der Waals surface area contributed by atoms with Gasteiger partial charge in [-0.3, -0.25) is 14.5 Å². The Kier molecular flexibility index (Phi) is 4.15. The van der Waals surface area contributed by atoms with Gasteiger partial charge in [-0.1, -0.05) is 25.0 Å². The maximum atomic E-state index is 12.2. The number of rotatable bonds is 2. The van der Waals surface area contributed by atoms with Crippen molar-refractivity contribution in [2.45, 2.75) is 30.6 Å². The van der Waals surface area contributed by atoms with Gasteiger partial charge >= 0.3 is 0 Å². The van der Waals surface area contributed by atoms with E-state index >= 15 is 0 Å². The third-order valence-electron chi connectivity index (χ3n) is 3.99. The SMILES string of the molecule is O=C(CN=C1NS(=O)(=O)c2ccccc21)N1CCCCCC1. The molecule has 1 saturated heterocycles. The fraction of sp³-hybridized carbons (Fsp3) is 0.467. The lowest BCUT2D eigenvalue weighted by molar-refractivity contribution is -0.129. The molecular weight excluding hydrogens is 302 g/mol. The molecule has 1 aromatic carbocycles. The second kappa shape index (κ2) is 6.08. The first-order chi connectivity index (χ1) is 10.6. The average Bonchev–Trinajstić information content (AvgIpc) is 2.71. The normalized spacial score (nSPS) is 22.0. The van der Waals surface area contributed by atoms with E-state index in [1.54, 1.807) is 18.2 Å². The van der Waals surface area contributed by atoms with Crippen LogP contribution in [0, 0.1) is 0 Å². The quantitative estimate of drug-likeness (QED) is 0.887. The van der Waals surface area contributed by atoms with Crippen LogP contribution in [-0.2, 0) is 14.8 Å². The summed E-state index contributed by atoms with van der Waals surface area (Å²) in [5, 5.41) is 0. The van der Waals surface area contributed by atoms with Crippen LogP contribution in [0.5, 0.6) is 0 Å². The molecule has 0 atom stereocenters. The number of nitrogens with zero attached hydrogens (tertiary/aromatic N) is 2. The molecule has 118 valence electrons. The molecule has 0 spiro atoms. The maximum absolute atomic E-state index is 12.2. The van der Waals surface area contributed by atoms with E-state index in [4.69, 9.17) is 0 Å². The maximum Gasteiger partial charge on any atom is 0.263 e. The van der Waals surface area contributed by atoms with Gasteiger partial charge in [-0.05, 0) is 25.0 Å². The minimum atomic E-state index is -3.54. The Morgan fingerprint density at radius 1 is 1.14 bits per heavy atom. The molecule has 2 aliphatic rings. The predicted molar refractivity (Wildman–Crippen MR) is 83.2 cm³/mol. The van der Waals surface area contributed by atoms with Crippen LogP contribution in [0.15, 0.2) is 34.2 Å². The van der Waals surface area contributed by atoms with E-state index < -0.39 is 10.0 Å². The van der Waals surface area contributed by atoms with E-state index in [0.29, 0.717) is 5.56 Å². The number of benzene rings is 1. The van der Waals surface area contributed by atoms with Crippen molar-refractivity contribution in [2.24, 2.45) is 4.99 Å². The van der Waals surface area contributed by atoms with E-state index in [2.05, 4.69) is 9.71 Å². The first-order valence-electron chi connectivity index (χ1n) is 7.52. The minimum Gasteiger partial charge on any atom is -0.341 e. The molecule has 3 rings (SSSR count). The first kappa shape index (κ1) is 15.0. The van der Waals surface area contributed by atoms with E-state index in [-0.39, 0.29) is 23.2 Å². The highest BCUT2D eigenvalue weighted by Gasteiger charge is 2.30. The van der Waals surface area contributed by atoms with Crippen molar-refractivity contribution in [3.05, 3.63) is 29.8 Å². The van der Waals surface area contributed by atoms with E-state index in [9.17, 15) is 13.2 Å². The zero-order chi connectivity index (χ0) is 15.6. The summed E-state index contributed by atoms with van der Waals surface area (Å²) in [5.74, 6) is 0.219. The highest BCUT2D eigenvalue weighted by atomic mass is 32.2. The fourth-order valence-electron chi connectivity index (χ4n) is 2.82. The summed E-state index contributed by atoms with van der Waals surface area (Å²) in [6, 6.07) is 6.66. The second-order valence-electron chi connectivity index (χ2n) is 5.56. The number of fused-ring (bicyclic) bond motifs is 1. The third kappa shape index (κ3) is 2.99. The summed E-state index contributed by atoms with van der Waals surface area (Å²) in [6.45, 7) is 1.52. The standard InChI is InChI=1S/C15H19N3O3S/c19-14(18-9-5-1-2-6-10-18)11-16-15-12-7-3-4-8-13(12)22(20,21)17-15/h3-4,7-8H,1-2,5-6,9-11H2,(H,16,17). The molecule has 0 aliphatic carbocycles. The lowest BCUT2D eigenvalue weighted by Gasteiger charge is -2.19. The van der Waals surface area contributed by atoms with Gasteiger partial charge in [0, 0.05) is 18.7 Å². The number of amides is 1.